The molecular weight excluding hydrogens is 260 g/mol. The standard InChI is InChI=1S/C15H21ClN2O/c1-2-17-15(19)13-6-8-18(9-7-13)11-12-4-3-5-14(16)10-12/h3-5,10,13H,2,6-9,11H2,1H3,(H,17,19). The highest BCUT2D eigenvalue weighted by molar-refractivity contribution is 6.30. The summed E-state index contributed by atoms with van der Waals surface area (Å²) in [5.74, 6) is 0.403. The molecule has 1 N–H and O–H groups in total. The van der Waals surface area contributed by atoms with Crippen molar-refractivity contribution in [3.63, 3.8) is 0 Å². The molecule has 0 unspecified atom stereocenters. The summed E-state index contributed by atoms with van der Waals surface area (Å²) in [6, 6.07) is 7.99. The second kappa shape index (κ2) is 6.92. The van der Waals surface area contributed by atoms with Gasteiger partial charge in [0.15, 0.2) is 0 Å². The first-order valence-electron chi connectivity index (χ1n) is 6.93. The van der Waals surface area contributed by atoms with E-state index < -0.39 is 0 Å². The number of rotatable bonds is 4. The number of hydrogen-bond acceptors (Lipinski definition) is 2. The third-order valence-electron chi connectivity index (χ3n) is 3.60. The lowest BCUT2D eigenvalue weighted by Gasteiger charge is -2.31. The van der Waals surface area contributed by atoms with Crippen LogP contribution in [0.25, 0.3) is 0 Å². The number of nitrogens with zero attached hydrogens (tertiary/aromatic N) is 1. The van der Waals surface area contributed by atoms with Gasteiger partial charge in [-0.2, -0.15) is 0 Å². The van der Waals surface area contributed by atoms with E-state index in [-0.39, 0.29) is 11.8 Å². The maximum absolute atomic E-state index is 11.8. The molecule has 1 aromatic rings. The van der Waals surface area contributed by atoms with Gasteiger partial charge in [0.1, 0.15) is 0 Å². The molecule has 1 aromatic carbocycles. The molecule has 0 atom stereocenters. The minimum Gasteiger partial charge on any atom is -0.356 e. The van der Waals surface area contributed by atoms with E-state index in [1.807, 2.05) is 25.1 Å². The molecule has 4 heteroatoms. The lowest BCUT2D eigenvalue weighted by molar-refractivity contribution is -0.126. The average molecular weight is 281 g/mol. The van der Waals surface area contributed by atoms with E-state index >= 15 is 0 Å². The molecule has 1 saturated heterocycles. The molecule has 1 heterocycles. The molecule has 1 amide bonds. The zero-order chi connectivity index (χ0) is 13.7. The quantitative estimate of drug-likeness (QED) is 0.920. The first kappa shape index (κ1) is 14.4. The van der Waals surface area contributed by atoms with E-state index in [4.69, 9.17) is 11.6 Å². The highest BCUT2D eigenvalue weighted by Crippen LogP contribution is 2.20. The highest BCUT2D eigenvalue weighted by Gasteiger charge is 2.24. The Labute approximate surface area is 119 Å². The number of benzene rings is 1. The number of amides is 1. The fourth-order valence-electron chi connectivity index (χ4n) is 2.57. The number of carbonyl (C=O) groups excluding carboxylic acids is 1. The molecule has 1 aliphatic heterocycles. The van der Waals surface area contributed by atoms with Crippen molar-refractivity contribution < 1.29 is 4.79 Å². The molecule has 1 fully saturated rings. The Hall–Kier alpha value is -1.06. The van der Waals surface area contributed by atoms with Crippen molar-refractivity contribution in [3.8, 4) is 0 Å². The average Bonchev–Trinajstić information content (AvgIpc) is 2.40. The Morgan fingerprint density at radius 1 is 1.42 bits per heavy atom. The molecule has 19 heavy (non-hydrogen) atoms. The van der Waals surface area contributed by atoms with Gasteiger partial charge < -0.3 is 5.32 Å². The van der Waals surface area contributed by atoms with Gasteiger partial charge in [-0.3, -0.25) is 9.69 Å². The monoisotopic (exact) mass is 280 g/mol. The topological polar surface area (TPSA) is 32.3 Å². The molecule has 2 rings (SSSR count). The fourth-order valence-corrected chi connectivity index (χ4v) is 2.78. The van der Waals surface area contributed by atoms with Gasteiger partial charge in [-0.05, 0) is 50.6 Å². The molecule has 0 saturated carbocycles. The van der Waals surface area contributed by atoms with Crippen LogP contribution < -0.4 is 5.32 Å². The fraction of sp³-hybridized carbons (Fsp3) is 0.533. The summed E-state index contributed by atoms with van der Waals surface area (Å²) < 4.78 is 0. The molecule has 104 valence electrons. The van der Waals surface area contributed by atoms with Gasteiger partial charge >= 0.3 is 0 Å². The van der Waals surface area contributed by atoms with Crippen LogP contribution in [-0.4, -0.2) is 30.4 Å². The third kappa shape index (κ3) is 4.22. The number of likely N-dealkylation sites (tertiary alicyclic amines) is 1. The number of nitrogens with one attached hydrogen (secondary N) is 1. The van der Waals surface area contributed by atoms with Crippen LogP contribution >= 0.6 is 11.6 Å². The van der Waals surface area contributed by atoms with Gasteiger partial charge in [-0.15, -0.1) is 0 Å². The van der Waals surface area contributed by atoms with Crippen LogP contribution in [0.5, 0.6) is 0 Å². The molecule has 3 nitrogen and oxygen atoms in total. The van der Waals surface area contributed by atoms with Crippen molar-refractivity contribution in [2.45, 2.75) is 26.3 Å². The Morgan fingerprint density at radius 2 is 2.16 bits per heavy atom. The van der Waals surface area contributed by atoms with Crippen LogP contribution in [0.1, 0.15) is 25.3 Å². The van der Waals surface area contributed by atoms with Gasteiger partial charge in [0.2, 0.25) is 5.91 Å². The number of hydrogen-bond donors (Lipinski definition) is 1. The number of piperidine rings is 1. The van der Waals surface area contributed by atoms with Crippen LogP contribution in [0.2, 0.25) is 5.02 Å². The second-order valence-corrected chi connectivity index (χ2v) is 5.51. The highest BCUT2D eigenvalue weighted by atomic mass is 35.5. The van der Waals surface area contributed by atoms with Gasteiger partial charge in [0.05, 0.1) is 0 Å². The predicted octanol–water partition coefficient (Wildman–Crippen LogP) is 2.69. The summed E-state index contributed by atoms with van der Waals surface area (Å²) >= 11 is 5.99. The first-order chi connectivity index (χ1) is 9.19. The largest absolute Gasteiger partial charge is 0.356 e. The molecule has 0 spiro atoms. The molecule has 0 radical (unpaired) electrons. The van der Waals surface area contributed by atoms with Crippen molar-refractivity contribution in [1.29, 1.82) is 0 Å². The van der Waals surface area contributed by atoms with Crippen molar-refractivity contribution in [1.82, 2.24) is 10.2 Å². The number of carbonyl (C=O) groups is 1. The lowest BCUT2D eigenvalue weighted by atomic mass is 9.95. The smallest absolute Gasteiger partial charge is 0.223 e. The van der Waals surface area contributed by atoms with Crippen LogP contribution in [0.4, 0.5) is 0 Å². The zero-order valence-corrected chi connectivity index (χ0v) is 12.1. The molecule has 0 bridgehead atoms. The summed E-state index contributed by atoms with van der Waals surface area (Å²) in [6.45, 7) is 5.57. The molecule has 0 aliphatic carbocycles. The molecule has 1 aliphatic rings. The minimum atomic E-state index is 0.190. The Kier molecular flexibility index (Phi) is 5.23. The van der Waals surface area contributed by atoms with Gasteiger partial charge in [0, 0.05) is 24.0 Å². The Morgan fingerprint density at radius 3 is 2.79 bits per heavy atom. The van der Waals surface area contributed by atoms with Crippen LogP contribution in [-0.2, 0) is 11.3 Å². The summed E-state index contributed by atoms with van der Waals surface area (Å²) in [6.07, 6.45) is 1.90. The number of halogens is 1. The Bertz CT molecular complexity index is 428. The third-order valence-corrected chi connectivity index (χ3v) is 3.84. The summed E-state index contributed by atoms with van der Waals surface area (Å²) in [5, 5.41) is 3.70. The van der Waals surface area contributed by atoms with Gasteiger partial charge in [-0.25, -0.2) is 0 Å². The minimum absolute atomic E-state index is 0.190. The van der Waals surface area contributed by atoms with Crippen molar-refractivity contribution in [3.05, 3.63) is 34.9 Å². The van der Waals surface area contributed by atoms with E-state index in [1.54, 1.807) is 0 Å². The van der Waals surface area contributed by atoms with Crippen LogP contribution in [0, 0.1) is 5.92 Å². The van der Waals surface area contributed by atoms with Crippen LogP contribution in [0.3, 0.4) is 0 Å². The normalized spacial score (nSPS) is 17.4. The van der Waals surface area contributed by atoms with E-state index in [2.05, 4.69) is 16.3 Å². The van der Waals surface area contributed by atoms with E-state index in [1.165, 1.54) is 5.56 Å². The van der Waals surface area contributed by atoms with E-state index in [0.29, 0.717) is 0 Å². The van der Waals surface area contributed by atoms with Crippen molar-refractivity contribution in [2.75, 3.05) is 19.6 Å². The predicted molar refractivity (Wildman–Crippen MR) is 78.1 cm³/mol. The van der Waals surface area contributed by atoms with Gasteiger partial charge in [0.25, 0.3) is 0 Å². The maximum atomic E-state index is 11.8. The SMILES string of the molecule is CCNC(=O)C1CCN(Cc2cccc(Cl)c2)CC1. The lowest BCUT2D eigenvalue weighted by Crippen LogP contribution is -2.40. The van der Waals surface area contributed by atoms with Crippen molar-refractivity contribution in [2.24, 2.45) is 5.92 Å². The maximum Gasteiger partial charge on any atom is 0.223 e. The van der Waals surface area contributed by atoms with Crippen LogP contribution in [0.15, 0.2) is 24.3 Å². The summed E-state index contributed by atoms with van der Waals surface area (Å²) in [5.41, 5.74) is 1.24. The van der Waals surface area contributed by atoms with Gasteiger partial charge in [-0.1, -0.05) is 23.7 Å². The van der Waals surface area contributed by atoms with Crippen molar-refractivity contribution >= 4 is 17.5 Å². The Balaban J connectivity index is 1.82. The summed E-state index contributed by atoms with van der Waals surface area (Å²) in [4.78, 5) is 14.2. The molecular formula is C15H21ClN2O. The zero-order valence-electron chi connectivity index (χ0n) is 11.4. The molecule has 0 aromatic heterocycles. The van der Waals surface area contributed by atoms with E-state index in [0.717, 1.165) is 44.0 Å². The second-order valence-electron chi connectivity index (χ2n) is 5.07. The van der Waals surface area contributed by atoms with E-state index in [9.17, 15) is 4.79 Å². The first-order valence-corrected chi connectivity index (χ1v) is 7.31. The summed E-state index contributed by atoms with van der Waals surface area (Å²) in [7, 11) is 0.